The van der Waals surface area contributed by atoms with Crippen LogP contribution in [0.15, 0.2) is 377 Å². The third-order valence-corrected chi connectivity index (χ3v) is 27.4. The molecule has 18 aromatic rings. The summed E-state index contributed by atoms with van der Waals surface area (Å²) in [7, 11) is 4.07. The van der Waals surface area contributed by atoms with Crippen LogP contribution >= 0.6 is 0 Å². The molecule has 0 bridgehead atoms. The lowest BCUT2D eigenvalue weighted by atomic mass is 9.79. The quantitative estimate of drug-likeness (QED) is 0.0705. The predicted octanol–water partition coefficient (Wildman–Crippen LogP) is 36.5. The number of phenols is 3. The highest BCUT2D eigenvalue weighted by atomic mass is 19.1. The molecule has 0 aliphatic heterocycles. The highest BCUT2D eigenvalue weighted by Gasteiger charge is 2.31. The van der Waals surface area contributed by atoms with E-state index in [2.05, 4.69) is 380 Å². The molecule has 0 aliphatic rings. The summed E-state index contributed by atoms with van der Waals surface area (Å²) in [6.45, 7) is 53.9. The fourth-order valence-corrected chi connectivity index (χ4v) is 18.2. The lowest BCUT2D eigenvalue weighted by Gasteiger charge is -2.28. The summed E-state index contributed by atoms with van der Waals surface area (Å²) in [6.07, 6.45) is 5.18. The van der Waals surface area contributed by atoms with Crippen molar-refractivity contribution in [3.63, 3.8) is 0 Å². The summed E-state index contributed by atoms with van der Waals surface area (Å²) < 4.78 is 14.7. The Hall–Kier alpha value is -15.9. The monoisotopic (exact) mass is 1980 g/mol. The third-order valence-electron chi connectivity index (χ3n) is 27.4. The van der Waals surface area contributed by atoms with Gasteiger partial charge in [0.1, 0.15) is 40.5 Å². The predicted molar refractivity (Wildman–Crippen MR) is 628 cm³/mol. The molecule has 0 saturated heterocycles. The summed E-state index contributed by atoms with van der Waals surface area (Å²) in [6, 6.07) is 121. The van der Waals surface area contributed by atoms with Crippen LogP contribution in [0.3, 0.4) is 0 Å². The van der Waals surface area contributed by atoms with E-state index in [1.54, 1.807) is 18.2 Å². The van der Waals surface area contributed by atoms with Crippen molar-refractivity contribution in [2.24, 2.45) is 0 Å². The van der Waals surface area contributed by atoms with Crippen molar-refractivity contribution in [1.82, 2.24) is 29.9 Å². The van der Waals surface area contributed by atoms with Gasteiger partial charge < -0.3 is 20.2 Å². The molecule has 6 heterocycles. The first-order valence-electron chi connectivity index (χ1n) is 51.9. The average molecular weight is 1980 g/mol. The van der Waals surface area contributed by atoms with Gasteiger partial charge in [-0.1, -0.05) is 330 Å². The van der Waals surface area contributed by atoms with E-state index in [9.17, 15) is 19.7 Å². The molecule has 3 N–H and O–H groups in total. The Morgan fingerprint density at radius 2 is 0.460 bits per heavy atom. The zero-order chi connectivity index (χ0) is 107. The van der Waals surface area contributed by atoms with Crippen molar-refractivity contribution in [2.45, 2.75) is 209 Å². The normalized spacial score (nSPS) is 12.0. The molecule has 0 aliphatic carbocycles. The SMILES string of the molecule is CC(C)(C)c1cc(-c2cc(-c3cc(C(C)(C)C)cc(C(C)(C)C)c3)cc(-c3ccccc3O)n2)cc(N(c2ccccc2)c2cc(F)ccn2)c1.CC(C)(C)c1cc(-c2cc(-c3cc(C(C)(C)C)cc(C(C)(C)C)c3)cc(-c3ccccc3O)n2)cc(N(c2ccccc2)c2ccccn2)c1.CN(C)c1ccnc(N(c2ccccc2)c2cccc(-c3cc(-c4cc(C(C)(C)C)cc(C(C)(C)C)c4)cc(-c4ccccc4O)n3)c2)c1. The van der Waals surface area contributed by atoms with Crippen molar-refractivity contribution in [2.75, 3.05) is 33.7 Å². The van der Waals surface area contributed by atoms with Crippen LogP contribution in [0.2, 0.25) is 0 Å². The van der Waals surface area contributed by atoms with Crippen LogP contribution in [0.5, 0.6) is 17.2 Å². The Labute approximate surface area is 889 Å². The van der Waals surface area contributed by atoms with E-state index in [4.69, 9.17) is 24.9 Å². The van der Waals surface area contributed by atoms with Gasteiger partial charge in [-0.3, -0.25) is 14.7 Å². The van der Waals surface area contributed by atoms with E-state index in [0.29, 0.717) is 28.2 Å². The maximum absolute atomic E-state index is 14.7. The van der Waals surface area contributed by atoms with Gasteiger partial charge in [-0.25, -0.2) is 34.3 Å². The second kappa shape index (κ2) is 43.1. The molecule has 12 aromatic carbocycles. The van der Waals surface area contributed by atoms with Gasteiger partial charge in [-0.2, -0.15) is 0 Å². The van der Waals surface area contributed by atoms with Gasteiger partial charge >= 0.3 is 0 Å². The summed E-state index contributed by atoms with van der Waals surface area (Å²) in [4.78, 5) is 38.3. The topological polar surface area (TPSA) is 151 Å². The van der Waals surface area contributed by atoms with Crippen LogP contribution in [0.25, 0.3) is 101 Å². The minimum absolute atomic E-state index is 0.0282. The molecule has 14 heteroatoms. The summed E-state index contributed by atoms with van der Waals surface area (Å²) in [5.74, 6) is 2.35. The number of nitrogens with zero attached hydrogens (tertiary/aromatic N) is 10. The fraction of sp³-hybridized carbons (Fsp3) is 0.250. The highest BCUT2D eigenvalue weighted by molar-refractivity contribution is 5.88. The van der Waals surface area contributed by atoms with Crippen molar-refractivity contribution in [3.05, 3.63) is 427 Å². The maximum atomic E-state index is 14.7. The highest BCUT2D eigenvalue weighted by Crippen LogP contribution is 2.49. The van der Waals surface area contributed by atoms with Crippen molar-refractivity contribution in [1.29, 1.82) is 0 Å². The van der Waals surface area contributed by atoms with Crippen LogP contribution in [-0.2, 0) is 43.3 Å². The Balaban J connectivity index is 0.000000160. The molecule has 0 fully saturated rings. The molecule has 0 radical (unpaired) electrons. The maximum Gasteiger partial charge on any atom is 0.140 e. The molecular formula is C136H143FN10O3. The van der Waals surface area contributed by atoms with Crippen molar-refractivity contribution < 1.29 is 19.7 Å². The molecule has 150 heavy (non-hydrogen) atoms. The van der Waals surface area contributed by atoms with Gasteiger partial charge in [0.05, 0.1) is 34.2 Å². The number of pyridine rings is 6. The number of hydrogen-bond acceptors (Lipinski definition) is 13. The van der Waals surface area contributed by atoms with Gasteiger partial charge in [0.25, 0.3) is 0 Å². The number of halogens is 1. The Kier molecular flexibility index (Phi) is 30.7. The zero-order valence-corrected chi connectivity index (χ0v) is 92.0. The fourth-order valence-electron chi connectivity index (χ4n) is 18.2. The number of aromatic nitrogens is 6. The molecule has 0 saturated carbocycles. The minimum atomic E-state index is -0.359. The molecule has 0 unspecified atom stereocenters. The number of aromatic hydroxyl groups is 3. The molecule has 6 aromatic heterocycles. The number of benzene rings is 12. The van der Waals surface area contributed by atoms with E-state index in [-0.39, 0.29) is 66.4 Å². The van der Waals surface area contributed by atoms with E-state index in [1.165, 1.54) is 57.3 Å². The minimum Gasteiger partial charge on any atom is -0.507 e. The lowest BCUT2D eigenvalue weighted by molar-refractivity contribution is 0.476. The van der Waals surface area contributed by atoms with Crippen molar-refractivity contribution >= 4 is 57.3 Å². The molecule has 13 nitrogen and oxygen atoms in total. The lowest BCUT2D eigenvalue weighted by Crippen LogP contribution is -2.16. The number of para-hydroxylation sites is 6. The standard InChI is InChI=1S/C46H48FN3O.C46H49N3O.C44H46N4O/c1-44(2,3)33-21-30(22-34(27-33)45(4,5)6)31-25-40(49-41(26-31)39-17-13-14-18-42(39)51)32-23-35(46(7,8)9)28-38(24-32)50(37-15-11-10-12-16-37)43-29-36(47)19-20-48-43;1-44(2,3)34-23-31(24-35(29-34)45(4,5)6)32-27-40(48-41(28-32)39-19-13-14-20-42(39)50)33-25-36(46(7,8)9)30-38(26-33)49(37-17-11-10-12-18-37)43-21-15-16-22-47-43;1-43(2,3)33-23-31(24-34(28-33)44(4,5)6)32-26-39(46-40(27-32)38-19-12-13-20-41(38)49)30-15-14-18-37(25-30)48(35-16-10-9-11-17-35)42-29-36(47(7)8)21-22-45-42/h10-29,51H,1-9H3;10-30,50H,1-9H3;9-29,49H,1-8H3. The van der Waals surface area contributed by atoms with Gasteiger partial charge in [-0.15, -0.1) is 0 Å². The zero-order valence-electron chi connectivity index (χ0n) is 92.0. The first kappa shape index (κ1) is 107. The molecule has 18 rings (SSSR count). The summed E-state index contributed by atoms with van der Waals surface area (Å²) in [5, 5.41) is 33.1. The summed E-state index contributed by atoms with van der Waals surface area (Å²) >= 11 is 0. The van der Waals surface area contributed by atoms with Crippen LogP contribution in [-0.4, -0.2) is 59.3 Å². The first-order chi connectivity index (χ1) is 70.8. The van der Waals surface area contributed by atoms with E-state index < -0.39 is 0 Å². The van der Waals surface area contributed by atoms with Gasteiger partial charge in [0.2, 0.25) is 0 Å². The number of phenolic OH excluding ortho intramolecular Hbond substituents is 3. The summed E-state index contributed by atoms with van der Waals surface area (Å²) in [5.41, 5.74) is 32.0. The molecule has 762 valence electrons. The second-order valence-corrected chi connectivity index (χ2v) is 47.7. The molecular weight excluding hydrogens is 1840 g/mol. The van der Waals surface area contributed by atoms with Crippen LogP contribution in [0.4, 0.5) is 61.7 Å². The average Bonchev–Trinajstić information content (AvgIpc) is 0.768. The Bertz CT molecular complexity index is 7720. The van der Waals surface area contributed by atoms with Gasteiger partial charge in [0, 0.05) is 118 Å². The van der Waals surface area contributed by atoms with Crippen LogP contribution in [0.1, 0.15) is 211 Å². The number of hydrogen-bond donors (Lipinski definition) is 3. The van der Waals surface area contributed by atoms with E-state index in [1.807, 2.05) is 165 Å². The van der Waals surface area contributed by atoms with Crippen molar-refractivity contribution in [3.8, 4) is 118 Å². The molecule has 0 amide bonds. The van der Waals surface area contributed by atoms with E-state index in [0.717, 1.165) is 136 Å². The molecule has 0 atom stereocenters. The Morgan fingerprint density at radius 3 is 0.787 bits per heavy atom. The number of anilines is 10. The molecule has 0 spiro atoms. The van der Waals surface area contributed by atoms with Gasteiger partial charge in [-0.05, 0) is 303 Å². The largest absolute Gasteiger partial charge is 0.507 e. The second-order valence-electron chi connectivity index (χ2n) is 47.7. The first-order valence-corrected chi connectivity index (χ1v) is 51.9. The Morgan fingerprint density at radius 1 is 0.193 bits per heavy atom. The third kappa shape index (κ3) is 25.4. The van der Waals surface area contributed by atoms with Crippen LogP contribution in [0, 0.1) is 5.82 Å². The smallest absolute Gasteiger partial charge is 0.140 e. The van der Waals surface area contributed by atoms with E-state index >= 15 is 0 Å². The van der Waals surface area contributed by atoms with Gasteiger partial charge in [0.15, 0.2) is 0 Å². The number of rotatable bonds is 19. The van der Waals surface area contributed by atoms with Crippen LogP contribution < -0.4 is 19.6 Å².